The summed E-state index contributed by atoms with van der Waals surface area (Å²) < 4.78 is 40.8. The number of ether oxygens (including phenoxy) is 7. The second-order valence-corrected chi connectivity index (χ2v) is 11.4. The molecule has 250 valence electrons. The van der Waals surface area contributed by atoms with E-state index in [1.165, 1.54) is 32.0 Å². The highest BCUT2D eigenvalue weighted by Crippen LogP contribution is 2.57. The molecule has 1 unspecified atom stereocenters. The average molecular weight is 662 g/mol. The van der Waals surface area contributed by atoms with Gasteiger partial charge in [0.05, 0.1) is 5.56 Å². The van der Waals surface area contributed by atoms with Crippen molar-refractivity contribution in [2.24, 2.45) is 0 Å². The Bertz CT molecular complexity index is 1820. The van der Waals surface area contributed by atoms with E-state index in [9.17, 15) is 29.1 Å². The van der Waals surface area contributed by atoms with Crippen LogP contribution in [0.1, 0.15) is 54.7 Å². The van der Waals surface area contributed by atoms with Gasteiger partial charge in [-0.25, -0.2) is 4.79 Å². The SMILES string of the molecule is CC(=O)N[C@H]1[C@H](Oc2ccc3c(c2)Oc2cc(O)ccc2C32OC(=O)c3ccccc32)O[C@H](COC(C)=O)[C@@H](OC(C)=O)[C@@H]1OC(C)=O. The average Bonchev–Trinajstić information content (AvgIpc) is 3.30. The molecule has 1 fully saturated rings. The van der Waals surface area contributed by atoms with Crippen LogP contribution in [0.5, 0.6) is 23.0 Å². The lowest BCUT2D eigenvalue weighted by Gasteiger charge is -2.44. The van der Waals surface area contributed by atoms with Crippen LogP contribution < -0.4 is 14.8 Å². The van der Waals surface area contributed by atoms with E-state index in [-0.39, 0.29) is 23.0 Å². The number of phenols is 1. The highest BCUT2D eigenvalue weighted by atomic mass is 16.7. The van der Waals surface area contributed by atoms with Crippen molar-refractivity contribution in [1.29, 1.82) is 0 Å². The zero-order chi connectivity index (χ0) is 34.3. The minimum absolute atomic E-state index is 0.0798. The fraction of sp³-hybridized carbons (Fsp3) is 0.324. The van der Waals surface area contributed by atoms with E-state index >= 15 is 0 Å². The molecular formula is C34H31NO13. The van der Waals surface area contributed by atoms with Crippen LogP contribution in [0.4, 0.5) is 0 Å². The van der Waals surface area contributed by atoms with E-state index in [1.807, 2.05) is 0 Å². The molecule has 3 heterocycles. The summed E-state index contributed by atoms with van der Waals surface area (Å²) in [7, 11) is 0. The minimum atomic E-state index is -1.41. The van der Waals surface area contributed by atoms with Crippen molar-refractivity contribution in [2.45, 2.75) is 63.9 Å². The molecule has 0 saturated carbocycles. The monoisotopic (exact) mass is 661 g/mol. The van der Waals surface area contributed by atoms with Crippen molar-refractivity contribution < 1.29 is 62.2 Å². The summed E-state index contributed by atoms with van der Waals surface area (Å²) in [5.74, 6) is -2.70. The predicted molar refractivity (Wildman–Crippen MR) is 161 cm³/mol. The number of benzene rings is 3. The largest absolute Gasteiger partial charge is 0.508 e. The van der Waals surface area contributed by atoms with Crippen LogP contribution in [0.25, 0.3) is 0 Å². The Labute approximate surface area is 273 Å². The van der Waals surface area contributed by atoms with Gasteiger partial charge in [-0.1, -0.05) is 18.2 Å². The van der Waals surface area contributed by atoms with Crippen LogP contribution in [-0.4, -0.2) is 72.1 Å². The highest BCUT2D eigenvalue weighted by molar-refractivity contribution is 5.97. The van der Waals surface area contributed by atoms with Crippen LogP contribution in [0.15, 0.2) is 60.7 Å². The molecule has 0 aliphatic carbocycles. The Morgan fingerprint density at radius 2 is 1.50 bits per heavy atom. The number of amides is 1. The summed E-state index contributed by atoms with van der Waals surface area (Å²) in [5.41, 5.74) is 0.506. The van der Waals surface area contributed by atoms with Crippen molar-refractivity contribution in [3.63, 3.8) is 0 Å². The number of nitrogens with one attached hydrogen (secondary N) is 1. The first kappa shape index (κ1) is 32.3. The van der Waals surface area contributed by atoms with Crippen molar-refractivity contribution >= 4 is 29.8 Å². The molecule has 0 radical (unpaired) electrons. The van der Waals surface area contributed by atoms with E-state index in [4.69, 9.17) is 33.2 Å². The molecular weight excluding hydrogens is 630 g/mol. The van der Waals surface area contributed by atoms with Gasteiger partial charge in [0, 0.05) is 56.5 Å². The lowest BCUT2D eigenvalue weighted by Crippen LogP contribution is -2.67. The maximum absolute atomic E-state index is 13.1. The maximum Gasteiger partial charge on any atom is 0.340 e. The molecule has 3 aromatic carbocycles. The number of fused-ring (bicyclic) bond motifs is 6. The Balaban J connectivity index is 1.41. The number of carbonyl (C=O) groups excluding carboxylic acids is 5. The van der Waals surface area contributed by atoms with Crippen LogP contribution in [-0.2, 0) is 48.5 Å². The van der Waals surface area contributed by atoms with Gasteiger partial charge in [-0.2, -0.15) is 0 Å². The molecule has 3 aliphatic rings. The standard InChI is InChI=1S/C34H31NO13/c1-16(36)35-29-31(44-19(4)39)30(43-18(3)38)28(15-42-17(2)37)47-33(29)45-21-10-12-25-27(14-21)46-26-13-20(40)9-11-24(26)34(25)23-8-6-5-7-22(23)32(41)48-34/h5-14,28-31,33,40H,15H2,1-4H3,(H,35,36)/t28-,29-,30-,31-,33-,34?/m1/s1. The molecule has 3 aromatic rings. The zero-order valence-corrected chi connectivity index (χ0v) is 26.2. The van der Waals surface area contributed by atoms with Gasteiger partial charge >= 0.3 is 23.9 Å². The summed E-state index contributed by atoms with van der Waals surface area (Å²) in [6.07, 6.45) is -5.19. The van der Waals surface area contributed by atoms with Crippen molar-refractivity contribution in [3.05, 3.63) is 82.9 Å². The van der Waals surface area contributed by atoms with E-state index in [0.29, 0.717) is 22.3 Å². The molecule has 14 nitrogen and oxygen atoms in total. The molecule has 1 saturated heterocycles. The Morgan fingerprint density at radius 3 is 2.19 bits per heavy atom. The van der Waals surface area contributed by atoms with Crippen molar-refractivity contribution in [2.75, 3.05) is 6.61 Å². The third kappa shape index (κ3) is 5.86. The quantitative estimate of drug-likeness (QED) is 0.279. The van der Waals surface area contributed by atoms with Gasteiger partial charge in [0.15, 0.2) is 17.8 Å². The molecule has 6 rings (SSSR count). The number of phenolic OH excluding ortho intramolecular Hbond substituents is 1. The fourth-order valence-electron chi connectivity index (χ4n) is 6.24. The first-order valence-electron chi connectivity index (χ1n) is 14.9. The van der Waals surface area contributed by atoms with Crippen molar-refractivity contribution in [3.8, 4) is 23.0 Å². The molecule has 2 N–H and O–H groups in total. The number of carbonyl (C=O) groups is 5. The van der Waals surface area contributed by atoms with E-state index in [0.717, 1.165) is 13.8 Å². The second-order valence-electron chi connectivity index (χ2n) is 11.4. The van der Waals surface area contributed by atoms with Gasteiger partial charge in [0.1, 0.15) is 41.8 Å². The normalized spacial score (nSPS) is 24.9. The first-order chi connectivity index (χ1) is 22.9. The minimum Gasteiger partial charge on any atom is -0.508 e. The molecule has 14 heteroatoms. The van der Waals surface area contributed by atoms with Gasteiger partial charge in [-0.3, -0.25) is 19.2 Å². The fourth-order valence-corrected chi connectivity index (χ4v) is 6.24. The summed E-state index contributed by atoms with van der Waals surface area (Å²) in [6, 6.07) is 15.0. The van der Waals surface area contributed by atoms with E-state index in [2.05, 4.69) is 5.32 Å². The van der Waals surface area contributed by atoms with Gasteiger partial charge in [0.25, 0.3) is 0 Å². The smallest absolute Gasteiger partial charge is 0.340 e. The van der Waals surface area contributed by atoms with Crippen LogP contribution >= 0.6 is 0 Å². The van der Waals surface area contributed by atoms with Crippen LogP contribution in [0, 0.1) is 0 Å². The highest BCUT2D eigenvalue weighted by Gasteiger charge is 2.54. The topological polar surface area (TPSA) is 182 Å². The predicted octanol–water partition coefficient (Wildman–Crippen LogP) is 3.00. The summed E-state index contributed by atoms with van der Waals surface area (Å²) in [4.78, 5) is 61.4. The number of esters is 4. The number of hydrogen-bond donors (Lipinski definition) is 2. The lowest BCUT2D eigenvalue weighted by atomic mass is 9.77. The van der Waals surface area contributed by atoms with Gasteiger partial charge in [-0.15, -0.1) is 0 Å². The van der Waals surface area contributed by atoms with E-state index in [1.54, 1.807) is 42.5 Å². The lowest BCUT2D eigenvalue weighted by molar-refractivity contribution is -0.257. The summed E-state index contributed by atoms with van der Waals surface area (Å²) >= 11 is 0. The molecule has 0 bridgehead atoms. The van der Waals surface area contributed by atoms with Crippen molar-refractivity contribution in [1.82, 2.24) is 5.32 Å². The van der Waals surface area contributed by atoms with E-state index < -0.39 is 72.6 Å². The zero-order valence-electron chi connectivity index (χ0n) is 26.2. The summed E-state index contributed by atoms with van der Waals surface area (Å²) in [5, 5.41) is 12.9. The maximum atomic E-state index is 13.1. The van der Waals surface area contributed by atoms with Gasteiger partial charge in [0.2, 0.25) is 12.2 Å². The molecule has 3 aliphatic heterocycles. The van der Waals surface area contributed by atoms with Crippen LogP contribution in [0.3, 0.4) is 0 Å². The number of rotatable bonds is 7. The van der Waals surface area contributed by atoms with Gasteiger partial charge < -0.3 is 43.6 Å². The Morgan fingerprint density at radius 1 is 0.833 bits per heavy atom. The number of hydrogen-bond acceptors (Lipinski definition) is 13. The third-order valence-electron chi connectivity index (χ3n) is 7.99. The molecule has 0 aromatic heterocycles. The Kier molecular flexibility index (Phi) is 8.43. The molecule has 1 amide bonds. The second kappa shape index (κ2) is 12.5. The molecule has 48 heavy (non-hydrogen) atoms. The van der Waals surface area contributed by atoms with Crippen LogP contribution in [0.2, 0.25) is 0 Å². The van der Waals surface area contributed by atoms with Gasteiger partial charge in [-0.05, 0) is 30.3 Å². The third-order valence-corrected chi connectivity index (χ3v) is 7.99. The molecule has 1 spiro atoms. The number of aromatic hydroxyl groups is 1. The Hall–Kier alpha value is -5.63. The first-order valence-corrected chi connectivity index (χ1v) is 14.9. The molecule has 6 atom stereocenters. The summed E-state index contributed by atoms with van der Waals surface area (Å²) in [6.45, 7) is 4.29.